The maximum absolute atomic E-state index is 11.6. The van der Waals surface area contributed by atoms with E-state index in [4.69, 9.17) is 16.6 Å². The summed E-state index contributed by atoms with van der Waals surface area (Å²) in [7, 11) is -3.80. The zero-order valence-corrected chi connectivity index (χ0v) is 13.5. The molecule has 1 aromatic rings. The summed E-state index contributed by atoms with van der Waals surface area (Å²) >= 11 is 0. The summed E-state index contributed by atoms with van der Waals surface area (Å²) in [6.07, 6.45) is 4.68. The summed E-state index contributed by atoms with van der Waals surface area (Å²) in [5.74, 6) is 0.370. The molecule has 1 aliphatic carbocycles. The Morgan fingerprint density at radius 1 is 1.13 bits per heavy atom. The monoisotopic (exact) mass is 336 g/mol. The second-order valence-electron chi connectivity index (χ2n) is 5.86. The van der Waals surface area contributed by atoms with Gasteiger partial charge in [0.1, 0.15) is 5.66 Å². The minimum atomic E-state index is -3.80. The van der Waals surface area contributed by atoms with E-state index in [-0.39, 0.29) is 16.8 Å². The molecule has 1 aliphatic heterocycles. The summed E-state index contributed by atoms with van der Waals surface area (Å²) < 4.78 is 23.2. The zero-order chi connectivity index (χ0) is 16.7. The van der Waals surface area contributed by atoms with Crippen molar-refractivity contribution >= 4 is 27.6 Å². The highest BCUT2D eigenvalue weighted by atomic mass is 32.2. The first-order chi connectivity index (χ1) is 10.8. The number of guanidine groups is 2. The second kappa shape index (κ2) is 5.50. The van der Waals surface area contributed by atoms with Crippen molar-refractivity contribution < 1.29 is 8.42 Å². The number of hydrogen-bond acceptors (Lipinski definition) is 7. The molecule has 0 atom stereocenters. The van der Waals surface area contributed by atoms with Gasteiger partial charge in [0, 0.05) is 5.69 Å². The summed E-state index contributed by atoms with van der Waals surface area (Å²) in [6, 6.07) is 6.33. The Kier molecular flexibility index (Phi) is 3.77. The normalized spacial score (nSPS) is 21.0. The number of primary sulfonamides is 1. The van der Waals surface area contributed by atoms with Gasteiger partial charge >= 0.3 is 0 Å². The van der Waals surface area contributed by atoms with Crippen molar-refractivity contribution in [2.75, 3.05) is 4.90 Å². The van der Waals surface area contributed by atoms with E-state index in [9.17, 15) is 8.42 Å². The van der Waals surface area contributed by atoms with Gasteiger partial charge in [-0.1, -0.05) is 12.5 Å². The predicted octanol–water partition coefficient (Wildman–Crippen LogP) is 0.444. The van der Waals surface area contributed by atoms with Crippen LogP contribution in [0.1, 0.15) is 32.1 Å². The van der Waals surface area contributed by atoms with E-state index in [2.05, 4.69) is 9.98 Å². The van der Waals surface area contributed by atoms with Gasteiger partial charge in [-0.2, -0.15) is 4.99 Å². The fraction of sp³-hybridized carbons (Fsp3) is 0.429. The topological polar surface area (TPSA) is 140 Å². The lowest BCUT2D eigenvalue weighted by atomic mass is 9.87. The van der Waals surface area contributed by atoms with Gasteiger partial charge in [-0.3, -0.25) is 4.90 Å². The van der Waals surface area contributed by atoms with Crippen LogP contribution in [0.5, 0.6) is 0 Å². The first-order valence-electron chi connectivity index (χ1n) is 7.44. The Morgan fingerprint density at radius 2 is 1.83 bits per heavy atom. The third-order valence-corrected chi connectivity index (χ3v) is 5.17. The maximum Gasteiger partial charge on any atom is 0.238 e. The van der Waals surface area contributed by atoms with Crippen LogP contribution in [0.15, 0.2) is 39.1 Å². The predicted molar refractivity (Wildman–Crippen MR) is 89.4 cm³/mol. The average Bonchev–Trinajstić information content (AvgIpc) is 2.46. The van der Waals surface area contributed by atoms with Crippen LogP contribution in [0.25, 0.3) is 0 Å². The van der Waals surface area contributed by atoms with Gasteiger partial charge in [0.2, 0.25) is 21.9 Å². The third-order valence-electron chi connectivity index (χ3n) is 4.26. The van der Waals surface area contributed by atoms with Crippen LogP contribution in [0.2, 0.25) is 0 Å². The van der Waals surface area contributed by atoms with Gasteiger partial charge in [-0.15, -0.1) is 0 Å². The Bertz CT molecular complexity index is 780. The molecule has 0 unspecified atom stereocenters. The third kappa shape index (κ3) is 2.89. The minimum absolute atomic E-state index is 0.0243. The molecule has 6 N–H and O–H groups in total. The van der Waals surface area contributed by atoms with E-state index in [0.717, 1.165) is 32.1 Å². The lowest BCUT2D eigenvalue weighted by molar-refractivity contribution is 0.305. The summed E-state index contributed by atoms with van der Waals surface area (Å²) in [5.41, 5.74) is 11.9. The number of rotatable bonds is 2. The van der Waals surface area contributed by atoms with Crippen molar-refractivity contribution in [1.82, 2.24) is 0 Å². The standard InChI is InChI=1S/C14H20N6O2S/c15-12-18-13(16)20(14(19-12)7-2-1-3-8-14)10-5-4-6-11(9-10)23(17,21)22/h4-6,9H,1-3,7-8H2,(H2,17,21,22)(H4,15,16,18,19). The molecule has 1 heterocycles. The summed E-state index contributed by atoms with van der Waals surface area (Å²) in [4.78, 5) is 10.4. The first-order valence-corrected chi connectivity index (χ1v) is 8.99. The van der Waals surface area contributed by atoms with E-state index in [0.29, 0.717) is 5.69 Å². The zero-order valence-electron chi connectivity index (χ0n) is 12.6. The first kappa shape index (κ1) is 15.8. The van der Waals surface area contributed by atoms with Gasteiger partial charge in [-0.25, -0.2) is 18.5 Å². The van der Waals surface area contributed by atoms with Crippen LogP contribution in [-0.2, 0) is 10.0 Å². The smallest absolute Gasteiger partial charge is 0.238 e. The molecular weight excluding hydrogens is 316 g/mol. The molecule has 0 bridgehead atoms. The molecular formula is C14H20N6O2S. The van der Waals surface area contributed by atoms with Crippen LogP contribution in [0.3, 0.4) is 0 Å². The van der Waals surface area contributed by atoms with Gasteiger partial charge < -0.3 is 11.5 Å². The largest absolute Gasteiger partial charge is 0.369 e. The second-order valence-corrected chi connectivity index (χ2v) is 7.42. The Morgan fingerprint density at radius 3 is 2.48 bits per heavy atom. The fourth-order valence-electron chi connectivity index (χ4n) is 3.29. The highest BCUT2D eigenvalue weighted by Gasteiger charge is 2.42. The Balaban J connectivity index is 2.11. The number of hydrogen-bond donors (Lipinski definition) is 3. The Hall–Kier alpha value is -2.13. The van der Waals surface area contributed by atoms with E-state index in [1.807, 2.05) is 0 Å². The van der Waals surface area contributed by atoms with Gasteiger partial charge in [0.05, 0.1) is 4.90 Å². The molecule has 124 valence electrons. The van der Waals surface area contributed by atoms with Crippen molar-refractivity contribution in [3.8, 4) is 0 Å². The van der Waals surface area contributed by atoms with Crippen LogP contribution < -0.4 is 21.5 Å². The lowest BCUT2D eigenvalue weighted by Gasteiger charge is -2.45. The van der Waals surface area contributed by atoms with Crippen molar-refractivity contribution in [3.63, 3.8) is 0 Å². The van der Waals surface area contributed by atoms with Crippen LogP contribution in [-0.4, -0.2) is 26.0 Å². The molecule has 0 saturated heterocycles. The molecule has 8 nitrogen and oxygen atoms in total. The van der Waals surface area contributed by atoms with Crippen LogP contribution in [0, 0.1) is 0 Å². The van der Waals surface area contributed by atoms with E-state index in [1.54, 1.807) is 17.0 Å². The highest BCUT2D eigenvalue weighted by Crippen LogP contribution is 2.39. The van der Waals surface area contributed by atoms with E-state index in [1.165, 1.54) is 12.1 Å². The summed E-state index contributed by atoms with van der Waals surface area (Å²) in [6.45, 7) is 0. The average molecular weight is 336 g/mol. The van der Waals surface area contributed by atoms with Gasteiger partial charge in [-0.05, 0) is 43.9 Å². The summed E-state index contributed by atoms with van der Waals surface area (Å²) in [5, 5.41) is 5.23. The number of nitrogens with two attached hydrogens (primary N) is 3. The molecule has 0 aromatic heterocycles. The van der Waals surface area contributed by atoms with E-state index < -0.39 is 15.7 Å². The molecule has 0 amide bonds. The maximum atomic E-state index is 11.6. The SMILES string of the molecule is NC1=NC2(CCCCC2)N(c2cccc(S(N)(=O)=O)c2)C(N)=N1. The molecule has 0 radical (unpaired) electrons. The number of benzene rings is 1. The molecule has 3 rings (SSSR count). The molecule has 1 aromatic carbocycles. The van der Waals surface area contributed by atoms with Crippen molar-refractivity contribution in [1.29, 1.82) is 0 Å². The lowest BCUT2D eigenvalue weighted by Crippen LogP contribution is -2.58. The molecule has 1 spiro atoms. The van der Waals surface area contributed by atoms with Crippen LogP contribution in [0.4, 0.5) is 5.69 Å². The molecule has 9 heteroatoms. The molecule has 1 fully saturated rings. The molecule has 1 saturated carbocycles. The van der Waals surface area contributed by atoms with Gasteiger partial charge in [0.15, 0.2) is 0 Å². The quantitative estimate of drug-likeness (QED) is 0.719. The molecule has 2 aliphatic rings. The van der Waals surface area contributed by atoms with Crippen molar-refractivity contribution in [3.05, 3.63) is 24.3 Å². The number of anilines is 1. The van der Waals surface area contributed by atoms with Crippen molar-refractivity contribution in [2.45, 2.75) is 42.7 Å². The van der Waals surface area contributed by atoms with Gasteiger partial charge in [0.25, 0.3) is 0 Å². The number of nitrogens with zero attached hydrogens (tertiary/aromatic N) is 3. The van der Waals surface area contributed by atoms with E-state index >= 15 is 0 Å². The van der Waals surface area contributed by atoms with Crippen molar-refractivity contribution in [2.24, 2.45) is 26.6 Å². The minimum Gasteiger partial charge on any atom is -0.369 e. The highest BCUT2D eigenvalue weighted by molar-refractivity contribution is 7.89. The molecule has 23 heavy (non-hydrogen) atoms. The number of sulfonamides is 1. The Labute approximate surface area is 135 Å². The number of aliphatic imine (C=N–C) groups is 2. The fourth-order valence-corrected chi connectivity index (χ4v) is 3.85. The van der Waals surface area contributed by atoms with Crippen LogP contribution >= 0.6 is 0 Å².